The molecule has 1 fully saturated rings. The van der Waals surface area contributed by atoms with Gasteiger partial charge in [-0.3, -0.25) is 4.90 Å². The van der Waals surface area contributed by atoms with Crippen molar-refractivity contribution in [3.63, 3.8) is 0 Å². The molecule has 23 heavy (non-hydrogen) atoms. The highest BCUT2D eigenvalue weighted by Crippen LogP contribution is 2.22. The normalized spacial score (nSPS) is 15.8. The zero-order chi connectivity index (χ0) is 16.4. The molecule has 0 saturated carbocycles. The molecule has 0 amide bonds. The first kappa shape index (κ1) is 15.8. The maximum atomic E-state index is 13.8. The molecule has 0 unspecified atom stereocenters. The van der Waals surface area contributed by atoms with Crippen LogP contribution >= 0.6 is 11.3 Å². The number of rotatable bonds is 4. The van der Waals surface area contributed by atoms with Crippen molar-refractivity contribution in [2.24, 2.45) is 0 Å². The number of thiazole rings is 1. The second kappa shape index (κ2) is 6.59. The van der Waals surface area contributed by atoms with Crippen LogP contribution in [0.3, 0.4) is 0 Å². The number of aromatic nitrogens is 1. The number of nitrogens with zero attached hydrogens (tertiary/aromatic N) is 3. The van der Waals surface area contributed by atoms with Gasteiger partial charge in [-0.05, 0) is 12.1 Å². The number of carboxylic acid groups (broad SMARTS) is 1. The third kappa shape index (κ3) is 3.65. The van der Waals surface area contributed by atoms with Gasteiger partial charge in [0.05, 0.1) is 12.2 Å². The van der Waals surface area contributed by atoms with Gasteiger partial charge in [0.1, 0.15) is 16.6 Å². The van der Waals surface area contributed by atoms with E-state index in [0.717, 1.165) is 17.1 Å². The molecule has 0 aliphatic carbocycles. The van der Waals surface area contributed by atoms with Gasteiger partial charge in [0, 0.05) is 37.6 Å². The van der Waals surface area contributed by atoms with E-state index in [2.05, 4.69) is 9.88 Å². The van der Waals surface area contributed by atoms with Crippen molar-refractivity contribution in [3.8, 4) is 0 Å². The highest BCUT2D eigenvalue weighted by Gasteiger charge is 2.21. The number of benzene rings is 1. The molecule has 1 N–H and O–H groups in total. The average molecular weight is 339 g/mol. The molecule has 0 bridgehead atoms. The summed E-state index contributed by atoms with van der Waals surface area (Å²) in [5.74, 6) is -1.91. The minimum atomic E-state index is -1.03. The smallest absolute Gasteiger partial charge is 0.355 e. The summed E-state index contributed by atoms with van der Waals surface area (Å²) >= 11 is 1.32. The van der Waals surface area contributed by atoms with E-state index in [1.807, 2.05) is 4.90 Å². The third-order valence-corrected chi connectivity index (χ3v) is 4.58. The second-order valence-electron chi connectivity index (χ2n) is 5.29. The zero-order valence-electron chi connectivity index (χ0n) is 12.2. The number of carboxylic acids is 1. The monoisotopic (exact) mass is 339 g/mol. The Hall–Kier alpha value is -2.06. The quantitative estimate of drug-likeness (QED) is 0.927. The maximum absolute atomic E-state index is 13.8. The van der Waals surface area contributed by atoms with E-state index in [0.29, 0.717) is 32.7 Å². The lowest BCUT2D eigenvalue weighted by atomic mass is 10.2. The summed E-state index contributed by atoms with van der Waals surface area (Å²) in [6.45, 7) is 3.09. The minimum absolute atomic E-state index is 0.0606. The molecule has 8 heteroatoms. The molecule has 1 aromatic carbocycles. The molecule has 122 valence electrons. The van der Waals surface area contributed by atoms with Crippen LogP contribution < -0.4 is 4.90 Å². The van der Waals surface area contributed by atoms with E-state index >= 15 is 0 Å². The summed E-state index contributed by atoms with van der Waals surface area (Å²) in [6.07, 6.45) is 0. The fraction of sp³-hybridized carbons (Fsp3) is 0.333. The van der Waals surface area contributed by atoms with Crippen LogP contribution in [0.1, 0.15) is 15.5 Å². The maximum Gasteiger partial charge on any atom is 0.355 e. The van der Waals surface area contributed by atoms with Crippen LogP contribution in [-0.2, 0) is 6.54 Å². The number of hydrogen-bond donors (Lipinski definition) is 1. The van der Waals surface area contributed by atoms with Crippen molar-refractivity contribution in [3.05, 3.63) is 45.9 Å². The van der Waals surface area contributed by atoms with Crippen molar-refractivity contribution >= 4 is 23.0 Å². The fourth-order valence-corrected chi connectivity index (χ4v) is 3.36. The van der Waals surface area contributed by atoms with Crippen molar-refractivity contribution in [1.29, 1.82) is 0 Å². The van der Waals surface area contributed by atoms with E-state index in [1.165, 1.54) is 22.8 Å². The summed E-state index contributed by atoms with van der Waals surface area (Å²) in [4.78, 5) is 18.8. The predicted octanol–water partition coefficient (Wildman–Crippen LogP) is 2.44. The summed E-state index contributed by atoms with van der Waals surface area (Å²) in [6, 6.07) is 3.46. The molecule has 3 rings (SSSR count). The first-order chi connectivity index (χ1) is 11.0. The van der Waals surface area contributed by atoms with Gasteiger partial charge in [-0.25, -0.2) is 18.6 Å². The van der Waals surface area contributed by atoms with Gasteiger partial charge in [0.25, 0.3) is 0 Å². The number of anilines is 1. The van der Waals surface area contributed by atoms with E-state index in [-0.39, 0.29) is 11.4 Å². The van der Waals surface area contributed by atoms with Gasteiger partial charge in [-0.15, -0.1) is 11.3 Å². The molecule has 0 spiro atoms. The van der Waals surface area contributed by atoms with Crippen LogP contribution in [0.15, 0.2) is 23.6 Å². The van der Waals surface area contributed by atoms with Crippen molar-refractivity contribution in [2.45, 2.75) is 6.54 Å². The lowest BCUT2D eigenvalue weighted by Gasteiger charge is -2.35. The average Bonchev–Trinajstić information content (AvgIpc) is 2.99. The van der Waals surface area contributed by atoms with E-state index in [1.54, 1.807) is 0 Å². The first-order valence-electron chi connectivity index (χ1n) is 7.13. The molecule has 2 aromatic rings. The van der Waals surface area contributed by atoms with Gasteiger partial charge < -0.3 is 10.0 Å². The molecule has 0 radical (unpaired) electrons. The van der Waals surface area contributed by atoms with E-state index in [4.69, 9.17) is 5.11 Å². The molecule has 1 aromatic heterocycles. The second-order valence-corrected chi connectivity index (χ2v) is 6.23. The number of carbonyl (C=O) groups is 1. The Morgan fingerprint density at radius 2 is 2.00 bits per heavy atom. The summed E-state index contributed by atoms with van der Waals surface area (Å²) in [5.41, 5.74) is 0.345. The number of aromatic carboxylic acids is 1. The standard InChI is InChI=1S/C15H15F2N3O2S/c16-10-1-2-11(17)13(7-10)20-5-3-19(4-6-20)8-14-18-12(9-23-14)15(21)22/h1-2,7,9H,3-6,8H2,(H,21,22). The number of piperazine rings is 1. The Kier molecular flexibility index (Phi) is 4.53. The van der Waals surface area contributed by atoms with Crippen molar-refractivity contribution in [1.82, 2.24) is 9.88 Å². The lowest BCUT2D eigenvalue weighted by Crippen LogP contribution is -2.46. The Labute approximate surface area is 135 Å². The summed E-state index contributed by atoms with van der Waals surface area (Å²) < 4.78 is 27.1. The Bertz CT molecular complexity index is 714. The fourth-order valence-electron chi connectivity index (χ4n) is 2.55. The first-order valence-corrected chi connectivity index (χ1v) is 8.01. The highest BCUT2D eigenvalue weighted by molar-refractivity contribution is 7.09. The molecule has 1 saturated heterocycles. The largest absolute Gasteiger partial charge is 0.476 e. The van der Waals surface area contributed by atoms with E-state index in [9.17, 15) is 13.6 Å². The van der Waals surface area contributed by atoms with Crippen molar-refractivity contribution < 1.29 is 18.7 Å². The molecule has 1 aliphatic rings. The molecular weight excluding hydrogens is 324 g/mol. The Morgan fingerprint density at radius 1 is 1.26 bits per heavy atom. The molecule has 5 nitrogen and oxygen atoms in total. The van der Waals surface area contributed by atoms with Crippen LogP contribution in [0, 0.1) is 11.6 Å². The topological polar surface area (TPSA) is 56.7 Å². The third-order valence-electron chi connectivity index (χ3n) is 3.75. The van der Waals surface area contributed by atoms with Gasteiger partial charge in [-0.1, -0.05) is 0 Å². The van der Waals surface area contributed by atoms with Crippen LogP contribution in [0.2, 0.25) is 0 Å². The predicted molar refractivity (Wildman–Crippen MR) is 82.9 cm³/mol. The van der Waals surface area contributed by atoms with Crippen LogP contribution in [-0.4, -0.2) is 47.1 Å². The number of halogens is 2. The zero-order valence-corrected chi connectivity index (χ0v) is 13.0. The minimum Gasteiger partial charge on any atom is -0.476 e. The Morgan fingerprint density at radius 3 is 2.65 bits per heavy atom. The van der Waals surface area contributed by atoms with Gasteiger partial charge in [0.2, 0.25) is 0 Å². The molecule has 1 aliphatic heterocycles. The van der Waals surface area contributed by atoms with Gasteiger partial charge in [0.15, 0.2) is 5.69 Å². The Balaban J connectivity index is 1.59. The number of hydrogen-bond acceptors (Lipinski definition) is 5. The van der Waals surface area contributed by atoms with Crippen LogP contribution in [0.25, 0.3) is 0 Å². The van der Waals surface area contributed by atoms with Crippen molar-refractivity contribution in [2.75, 3.05) is 31.1 Å². The summed E-state index contributed by atoms with van der Waals surface area (Å²) in [5, 5.41) is 11.1. The SMILES string of the molecule is O=C(O)c1csc(CN2CCN(c3cc(F)ccc3F)CC2)n1. The van der Waals surface area contributed by atoms with Crippen LogP contribution in [0.4, 0.5) is 14.5 Å². The van der Waals surface area contributed by atoms with E-state index < -0.39 is 17.6 Å². The molecular formula is C15H15F2N3O2S. The summed E-state index contributed by atoms with van der Waals surface area (Å²) in [7, 11) is 0. The van der Waals surface area contributed by atoms with Crippen LogP contribution in [0.5, 0.6) is 0 Å². The molecule has 0 atom stereocenters. The molecule has 2 heterocycles. The van der Waals surface area contributed by atoms with Gasteiger partial charge >= 0.3 is 5.97 Å². The lowest BCUT2D eigenvalue weighted by molar-refractivity contribution is 0.0691. The van der Waals surface area contributed by atoms with Gasteiger partial charge in [-0.2, -0.15) is 0 Å². The highest BCUT2D eigenvalue weighted by atomic mass is 32.1.